The van der Waals surface area contributed by atoms with Gasteiger partial charge in [-0.3, -0.25) is 0 Å². The Morgan fingerprint density at radius 2 is 1.87 bits per heavy atom. The van der Waals surface area contributed by atoms with Gasteiger partial charge >= 0.3 is 0 Å². The van der Waals surface area contributed by atoms with Crippen LogP contribution in [0.15, 0.2) is 54.6 Å². The van der Waals surface area contributed by atoms with Gasteiger partial charge in [-0.05, 0) is 53.1 Å². The van der Waals surface area contributed by atoms with Gasteiger partial charge in [-0.1, -0.05) is 50.3 Å². The summed E-state index contributed by atoms with van der Waals surface area (Å²) in [5.74, 6) is 1.34. The zero-order valence-electron chi connectivity index (χ0n) is 13.6. The molecular weight excluding hydrogens is 285 g/mol. The number of hydrogen-bond acceptors (Lipinski definition) is 1. The van der Waals surface area contributed by atoms with Crippen molar-refractivity contribution in [1.82, 2.24) is 0 Å². The van der Waals surface area contributed by atoms with Crippen molar-refractivity contribution in [1.29, 1.82) is 0 Å². The first-order valence-corrected chi connectivity index (χ1v) is 8.46. The van der Waals surface area contributed by atoms with Crippen LogP contribution in [0.4, 0.5) is 10.1 Å². The summed E-state index contributed by atoms with van der Waals surface area (Å²) < 4.78 is 13.2. The zero-order chi connectivity index (χ0) is 16.0. The second kappa shape index (κ2) is 5.52. The number of rotatable bonds is 2. The van der Waals surface area contributed by atoms with E-state index in [1.54, 1.807) is 12.1 Å². The fraction of sp³-hybridized carbons (Fsp3) is 0.333. The molecule has 0 aromatic heterocycles. The number of allylic oxidation sites excluding steroid dienone is 2. The Hall–Kier alpha value is -2.09. The Balaban J connectivity index is 1.75. The van der Waals surface area contributed by atoms with Crippen LogP contribution in [0, 0.1) is 11.7 Å². The fourth-order valence-electron chi connectivity index (χ4n) is 3.97. The molecule has 3 atom stereocenters. The first kappa shape index (κ1) is 14.5. The van der Waals surface area contributed by atoms with Crippen molar-refractivity contribution in [2.24, 2.45) is 5.92 Å². The normalized spacial score (nSPS) is 25.1. The third-order valence-corrected chi connectivity index (χ3v) is 5.28. The lowest BCUT2D eigenvalue weighted by atomic mass is 9.76. The molecule has 0 amide bonds. The molecule has 1 N–H and O–H groups in total. The van der Waals surface area contributed by atoms with Gasteiger partial charge < -0.3 is 5.32 Å². The topological polar surface area (TPSA) is 12.0 Å². The predicted octanol–water partition coefficient (Wildman–Crippen LogP) is 5.78. The van der Waals surface area contributed by atoms with Gasteiger partial charge in [-0.25, -0.2) is 4.39 Å². The number of fused-ring (bicyclic) bond motifs is 3. The molecule has 1 heterocycles. The summed E-state index contributed by atoms with van der Waals surface area (Å²) in [7, 11) is 0. The highest BCUT2D eigenvalue weighted by molar-refractivity contribution is 5.61. The van der Waals surface area contributed by atoms with Gasteiger partial charge in [0.05, 0.1) is 6.04 Å². The Labute approximate surface area is 137 Å². The molecule has 0 spiro atoms. The first-order chi connectivity index (χ1) is 11.1. The Morgan fingerprint density at radius 3 is 2.61 bits per heavy atom. The van der Waals surface area contributed by atoms with Crippen molar-refractivity contribution < 1.29 is 4.39 Å². The number of benzene rings is 2. The van der Waals surface area contributed by atoms with Crippen LogP contribution < -0.4 is 5.32 Å². The van der Waals surface area contributed by atoms with Gasteiger partial charge in [0.1, 0.15) is 5.82 Å². The van der Waals surface area contributed by atoms with Crippen molar-refractivity contribution in [3.05, 3.63) is 77.1 Å². The van der Waals surface area contributed by atoms with Gasteiger partial charge in [-0.15, -0.1) is 0 Å². The molecule has 2 aromatic carbocycles. The molecule has 23 heavy (non-hydrogen) atoms. The van der Waals surface area contributed by atoms with E-state index in [1.165, 1.54) is 22.4 Å². The monoisotopic (exact) mass is 307 g/mol. The molecule has 4 rings (SSSR count). The van der Waals surface area contributed by atoms with E-state index in [1.807, 2.05) is 12.1 Å². The van der Waals surface area contributed by atoms with Crippen LogP contribution in [-0.4, -0.2) is 0 Å². The van der Waals surface area contributed by atoms with Crippen molar-refractivity contribution >= 4 is 5.69 Å². The zero-order valence-corrected chi connectivity index (χ0v) is 13.6. The van der Waals surface area contributed by atoms with Gasteiger partial charge in [0.2, 0.25) is 0 Å². The maximum absolute atomic E-state index is 13.2. The summed E-state index contributed by atoms with van der Waals surface area (Å²) >= 11 is 0. The van der Waals surface area contributed by atoms with E-state index < -0.39 is 0 Å². The molecule has 0 bridgehead atoms. The van der Waals surface area contributed by atoms with Gasteiger partial charge in [0.15, 0.2) is 0 Å². The van der Waals surface area contributed by atoms with E-state index in [-0.39, 0.29) is 11.9 Å². The third-order valence-electron chi connectivity index (χ3n) is 5.28. The van der Waals surface area contributed by atoms with E-state index in [0.29, 0.717) is 17.8 Å². The lowest BCUT2D eigenvalue weighted by Gasteiger charge is -2.38. The van der Waals surface area contributed by atoms with Gasteiger partial charge in [-0.2, -0.15) is 0 Å². The molecule has 2 aliphatic rings. The lowest BCUT2D eigenvalue weighted by Crippen LogP contribution is -2.29. The van der Waals surface area contributed by atoms with Crippen LogP contribution in [0.3, 0.4) is 0 Å². The Morgan fingerprint density at radius 1 is 1.09 bits per heavy atom. The van der Waals surface area contributed by atoms with Crippen LogP contribution in [0.2, 0.25) is 0 Å². The highest BCUT2D eigenvalue weighted by Gasteiger charge is 2.37. The second-order valence-corrected chi connectivity index (χ2v) is 7.03. The maximum atomic E-state index is 13.2. The molecule has 2 heteroatoms. The molecule has 0 unspecified atom stereocenters. The first-order valence-electron chi connectivity index (χ1n) is 8.46. The Kier molecular flexibility index (Phi) is 3.48. The summed E-state index contributed by atoms with van der Waals surface area (Å²) in [6.07, 6.45) is 5.72. The number of halogens is 1. The van der Waals surface area contributed by atoms with E-state index in [2.05, 4.69) is 49.5 Å². The van der Waals surface area contributed by atoms with Crippen LogP contribution in [-0.2, 0) is 0 Å². The summed E-state index contributed by atoms with van der Waals surface area (Å²) in [5.41, 5.74) is 5.19. The molecule has 0 saturated carbocycles. The largest absolute Gasteiger partial charge is 0.378 e. The second-order valence-electron chi connectivity index (χ2n) is 7.03. The lowest BCUT2D eigenvalue weighted by molar-refractivity contribution is 0.425. The van der Waals surface area contributed by atoms with Crippen molar-refractivity contribution in [2.75, 3.05) is 5.32 Å². The highest BCUT2D eigenvalue weighted by atomic mass is 19.1. The van der Waals surface area contributed by atoms with E-state index in [9.17, 15) is 4.39 Å². The SMILES string of the molecule is CC(C)c1ccc2c(c1)[C@@H]1C=CC[C@@H]1[C@H](c1ccc(F)cc1)N2. The van der Waals surface area contributed by atoms with Gasteiger partial charge in [0, 0.05) is 11.6 Å². The van der Waals surface area contributed by atoms with Crippen LogP contribution >= 0.6 is 0 Å². The third kappa shape index (κ3) is 2.46. The molecule has 2 aromatic rings. The fourth-order valence-corrected chi connectivity index (χ4v) is 3.97. The summed E-state index contributed by atoms with van der Waals surface area (Å²) in [6, 6.07) is 14.0. The average Bonchev–Trinajstić information content (AvgIpc) is 3.04. The van der Waals surface area contributed by atoms with Crippen molar-refractivity contribution in [3.63, 3.8) is 0 Å². The average molecular weight is 307 g/mol. The van der Waals surface area contributed by atoms with Crippen LogP contribution in [0.5, 0.6) is 0 Å². The number of nitrogens with one attached hydrogen (secondary N) is 1. The Bertz CT molecular complexity index is 745. The van der Waals surface area contributed by atoms with Gasteiger partial charge in [0.25, 0.3) is 0 Å². The summed E-state index contributed by atoms with van der Waals surface area (Å²) in [5, 5.41) is 3.71. The maximum Gasteiger partial charge on any atom is 0.123 e. The van der Waals surface area contributed by atoms with E-state index >= 15 is 0 Å². The molecule has 0 saturated heterocycles. The minimum absolute atomic E-state index is 0.173. The molecule has 1 nitrogen and oxygen atoms in total. The molecule has 0 fully saturated rings. The van der Waals surface area contributed by atoms with E-state index in [4.69, 9.17) is 0 Å². The number of hydrogen-bond donors (Lipinski definition) is 1. The molecule has 118 valence electrons. The van der Waals surface area contributed by atoms with E-state index in [0.717, 1.165) is 6.42 Å². The molecular formula is C21H22FN. The van der Waals surface area contributed by atoms with Crippen LogP contribution in [0.1, 0.15) is 54.8 Å². The smallest absolute Gasteiger partial charge is 0.123 e. The highest BCUT2D eigenvalue weighted by Crippen LogP contribution is 2.50. The predicted molar refractivity (Wildman–Crippen MR) is 93.3 cm³/mol. The van der Waals surface area contributed by atoms with Crippen molar-refractivity contribution in [3.8, 4) is 0 Å². The number of anilines is 1. The molecule has 0 radical (unpaired) electrons. The minimum Gasteiger partial charge on any atom is -0.378 e. The molecule has 1 aliphatic heterocycles. The standard InChI is InChI=1S/C21H22FN/c1-13(2)15-8-11-20-19(12-15)17-4-3-5-18(17)21(23-20)14-6-9-16(22)10-7-14/h3-4,6-13,17-18,21,23H,5H2,1-2H3/t17-,18+,21+/m1/s1. The van der Waals surface area contributed by atoms with Crippen LogP contribution in [0.25, 0.3) is 0 Å². The summed E-state index contributed by atoms with van der Waals surface area (Å²) in [6.45, 7) is 4.47. The van der Waals surface area contributed by atoms with Crippen molar-refractivity contribution in [2.45, 2.75) is 38.1 Å². The molecule has 1 aliphatic carbocycles. The summed E-state index contributed by atoms with van der Waals surface area (Å²) in [4.78, 5) is 0. The minimum atomic E-state index is -0.173. The quantitative estimate of drug-likeness (QED) is 0.694.